The van der Waals surface area contributed by atoms with Gasteiger partial charge in [-0.05, 0) is 47.7 Å². The van der Waals surface area contributed by atoms with Gasteiger partial charge in [0.05, 0.1) is 5.69 Å². The monoisotopic (exact) mass is 407 g/mol. The van der Waals surface area contributed by atoms with Crippen LogP contribution >= 0.6 is 45.8 Å². The van der Waals surface area contributed by atoms with Crippen LogP contribution in [-0.2, 0) is 6.42 Å². The minimum Gasteiger partial charge on any atom is -0.339 e. The second kappa shape index (κ2) is 6.24. The smallest absolute Gasteiger partial charge is 0.138 e. The van der Waals surface area contributed by atoms with E-state index in [9.17, 15) is 0 Å². The van der Waals surface area contributed by atoms with E-state index in [1.807, 2.05) is 32.0 Å². The summed E-state index contributed by atoms with van der Waals surface area (Å²) in [5.41, 5.74) is 1.79. The molecule has 6 heteroatoms. The Hall–Kier alpha value is -0.590. The summed E-state index contributed by atoms with van der Waals surface area (Å²) in [7, 11) is 0. The van der Waals surface area contributed by atoms with Crippen molar-refractivity contribution in [2.24, 2.45) is 0 Å². The summed E-state index contributed by atoms with van der Waals surface area (Å²) >= 11 is 14.3. The van der Waals surface area contributed by atoms with Crippen LogP contribution in [-0.4, -0.2) is 9.97 Å². The molecule has 2 rings (SSSR count). The molecular weight excluding hydrogens is 396 g/mol. The quantitative estimate of drug-likeness (QED) is 0.574. The highest BCUT2D eigenvalue weighted by Gasteiger charge is 2.10. The van der Waals surface area contributed by atoms with Crippen molar-refractivity contribution >= 4 is 57.3 Å². The van der Waals surface area contributed by atoms with Crippen LogP contribution in [0.3, 0.4) is 0 Å². The first-order chi connectivity index (χ1) is 9.01. The molecule has 1 N–H and O–H groups in total. The third-order valence-electron chi connectivity index (χ3n) is 2.63. The van der Waals surface area contributed by atoms with Gasteiger partial charge in [0, 0.05) is 20.6 Å². The molecule has 0 saturated heterocycles. The maximum Gasteiger partial charge on any atom is 0.138 e. The molecule has 3 nitrogen and oxygen atoms in total. The van der Waals surface area contributed by atoms with Crippen molar-refractivity contribution in [3.05, 3.63) is 43.3 Å². The van der Waals surface area contributed by atoms with E-state index in [1.54, 1.807) is 0 Å². The molecule has 0 fully saturated rings. The number of anilines is 2. The minimum absolute atomic E-state index is 0.485. The highest BCUT2D eigenvalue weighted by atomic mass is 127. The molecular formula is C13H12Cl2IN3. The number of hydrogen-bond donors (Lipinski definition) is 1. The SMILES string of the molecule is CCc1nc(Cl)c(C)c(Nc2ccc(Cl)cc2I)n1. The van der Waals surface area contributed by atoms with Crippen LogP contribution in [0.15, 0.2) is 18.2 Å². The van der Waals surface area contributed by atoms with Crippen LogP contribution in [0.4, 0.5) is 11.5 Å². The van der Waals surface area contributed by atoms with Gasteiger partial charge >= 0.3 is 0 Å². The Labute approximate surface area is 135 Å². The van der Waals surface area contributed by atoms with Crippen LogP contribution in [0.1, 0.15) is 18.3 Å². The molecule has 0 unspecified atom stereocenters. The van der Waals surface area contributed by atoms with Gasteiger partial charge in [-0.2, -0.15) is 0 Å². The number of halogens is 3. The molecule has 1 heterocycles. The predicted molar refractivity (Wildman–Crippen MR) is 88.6 cm³/mol. The lowest BCUT2D eigenvalue weighted by Crippen LogP contribution is -2.03. The Bertz CT molecular complexity index is 617. The lowest BCUT2D eigenvalue weighted by atomic mass is 10.3. The van der Waals surface area contributed by atoms with E-state index in [2.05, 4.69) is 37.9 Å². The minimum atomic E-state index is 0.485. The fourth-order valence-electron chi connectivity index (χ4n) is 1.53. The predicted octanol–water partition coefficient (Wildman–Crippen LogP) is 5.00. The average Bonchev–Trinajstić information content (AvgIpc) is 2.37. The maximum atomic E-state index is 6.11. The molecule has 0 atom stereocenters. The summed E-state index contributed by atoms with van der Waals surface area (Å²) < 4.78 is 1.03. The zero-order chi connectivity index (χ0) is 14.0. The normalized spacial score (nSPS) is 10.6. The summed E-state index contributed by atoms with van der Waals surface area (Å²) in [5, 5.41) is 4.48. The molecule has 1 aromatic carbocycles. The molecule has 19 heavy (non-hydrogen) atoms. The summed E-state index contributed by atoms with van der Waals surface area (Å²) in [4.78, 5) is 8.69. The van der Waals surface area contributed by atoms with Gasteiger partial charge in [0.2, 0.25) is 0 Å². The van der Waals surface area contributed by atoms with Gasteiger partial charge < -0.3 is 5.32 Å². The lowest BCUT2D eigenvalue weighted by molar-refractivity contribution is 0.934. The number of nitrogens with one attached hydrogen (secondary N) is 1. The van der Waals surface area contributed by atoms with Crippen molar-refractivity contribution in [2.45, 2.75) is 20.3 Å². The second-order valence-corrected chi connectivity index (χ2v) is 5.96. The number of aromatic nitrogens is 2. The molecule has 0 aliphatic carbocycles. The van der Waals surface area contributed by atoms with Gasteiger partial charge in [0.1, 0.15) is 16.8 Å². The maximum absolute atomic E-state index is 6.11. The van der Waals surface area contributed by atoms with Crippen LogP contribution in [0, 0.1) is 10.5 Å². The molecule has 0 radical (unpaired) electrons. The summed E-state index contributed by atoms with van der Waals surface area (Å²) in [6.45, 7) is 3.89. The van der Waals surface area contributed by atoms with Gasteiger partial charge in [-0.25, -0.2) is 9.97 Å². The molecule has 0 amide bonds. The highest BCUT2D eigenvalue weighted by molar-refractivity contribution is 14.1. The van der Waals surface area contributed by atoms with Crippen molar-refractivity contribution in [2.75, 3.05) is 5.32 Å². The largest absolute Gasteiger partial charge is 0.339 e. The van der Waals surface area contributed by atoms with Crippen LogP contribution in [0.25, 0.3) is 0 Å². The van der Waals surface area contributed by atoms with Gasteiger partial charge in [-0.15, -0.1) is 0 Å². The molecule has 0 aliphatic rings. The number of nitrogens with zero attached hydrogens (tertiary/aromatic N) is 2. The first kappa shape index (κ1) is 14.8. The molecule has 2 aromatic rings. The van der Waals surface area contributed by atoms with Crippen molar-refractivity contribution in [1.29, 1.82) is 0 Å². The third kappa shape index (κ3) is 3.49. The number of benzene rings is 1. The third-order valence-corrected chi connectivity index (χ3v) is 4.13. The number of aryl methyl sites for hydroxylation is 1. The number of hydrogen-bond acceptors (Lipinski definition) is 3. The Balaban J connectivity index is 2.40. The van der Waals surface area contributed by atoms with E-state index in [1.165, 1.54) is 0 Å². The van der Waals surface area contributed by atoms with Crippen LogP contribution in [0.2, 0.25) is 10.2 Å². The van der Waals surface area contributed by atoms with E-state index < -0.39 is 0 Å². The molecule has 0 aliphatic heterocycles. The second-order valence-electron chi connectivity index (χ2n) is 4.01. The fourth-order valence-corrected chi connectivity index (χ4v) is 2.72. The highest BCUT2D eigenvalue weighted by Crippen LogP contribution is 2.28. The van der Waals surface area contributed by atoms with Crippen molar-refractivity contribution < 1.29 is 0 Å². The summed E-state index contributed by atoms with van der Waals surface area (Å²) in [6, 6.07) is 5.65. The van der Waals surface area contributed by atoms with E-state index in [0.717, 1.165) is 32.9 Å². The van der Waals surface area contributed by atoms with Gasteiger partial charge in [0.15, 0.2) is 0 Å². The topological polar surface area (TPSA) is 37.8 Å². The van der Waals surface area contributed by atoms with Gasteiger partial charge in [0.25, 0.3) is 0 Å². The average molecular weight is 408 g/mol. The van der Waals surface area contributed by atoms with Crippen LogP contribution in [0.5, 0.6) is 0 Å². The molecule has 1 aromatic heterocycles. The fraction of sp³-hybridized carbons (Fsp3) is 0.231. The first-order valence-electron chi connectivity index (χ1n) is 5.76. The molecule has 100 valence electrons. The summed E-state index contributed by atoms with van der Waals surface area (Å²) in [5.74, 6) is 1.46. The first-order valence-corrected chi connectivity index (χ1v) is 7.59. The Morgan fingerprint density at radius 3 is 2.63 bits per heavy atom. The molecule has 0 bridgehead atoms. The lowest BCUT2D eigenvalue weighted by Gasteiger charge is -2.12. The Morgan fingerprint density at radius 2 is 2.00 bits per heavy atom. The molecule has 0 saturated carbocycles. The standard InChI is InChI=1S/C13H12Cl2IN3/c1-3-11-18-12(15)7(2)13(19-11)17-10-5-4-8(14)6-9(10)16/h4-6H,3H2,1-2H3,(H,17,18,19). The van der Waals surface area contributed by atoms with Crippen LogP contribution < -0.4 is 5.32 Å². The van der Waals surface area contributed by atoms with E-state index in [-0.39, 0.29) is 0 Å². The molecule has 0 spiro atoms. The van der Waals surface area contributed by atoms with E-state index >= 15 is 0 Å². The van der Waals surface area contributed by atoms with E-state index in [0.29, 0.717) is 10.2 Å². The Morgan fingerprint density at radius 1 is 1.26 bits per heavy atom. The Kier molecular flexibility index (Phi) is 4.86. The van der Waals surface area contributed by atoms with E-state index in [4.69, 9.17) is 23.2 Å². The number of rotatable bonds is 3. The summed E-state index contributed by atoms with van der Waals surface area (Å²) in [6.07, 6.45) is 0.742. The zero-order valence-corrected chi connectivity index (χ0v) is 14.1. The van der Waals surface area contributed by atoms with Gasteiger partial charge in [-0.1, -0.05) is 30.1 Å². The van der Waals surface area contributed by atoms with Gasteiger partial charge in [-0.3, -0.25) is 0 Å². The van der Waals surface area contributed by atoms with Crippen molar-refractivity contribution in [1.82, 2.24) is 9.97 Å². The zero-order valence-electron chi connectivity index (χ0n) is 10.5. The van der Waals surface area contributed by atoms with Crippen molar-refractivity contribution in [3.8, 4) is 0 Å². The van der Waals surface area contributed by atoms with Crippen molar-refractivity contribution in [3.63, 3.8) is 0 Å².